The second-order valence-corrected chi connectivity index (χ2v) is 5.37. The van der Waals surface area contributed by atoms with Crippen molar-refractivity contribution in [1.29, 1.82) is 0 Å². The maximum atomic E-state index is 3.54. The number of H-pyrrole nitrogens is 1. The molecular weight excluding hydrogens is 212 g/mol. The first-order chi connectivity index (χ1) is 8.18. The largest absolute Gasteiger partial charge is 0.367 e. The molecule has 3 N–H and O–H groups in total. The van der Waals surface area contributed by atoms with Gasteiger partial charge in [0.15, 0.2) is 0 Å². The smallest absolute Gasteiger partial charge is 0.0278 e. The molecule has 4 heteroatoms. The van der Waals surface area contributed by atoms with Gasteiger partial charge in [0, 0.05) is 57.2 Å². The van der Waals surface area contributed by atoms with Crippen molar-refractivity contribution in [1.82, 2.24) is 20.5 Å². The first kappa shape index (κ1) is 12.6. The van der Waals surface area contributed by atoms with Crippen LogP contribution in [0.25, 0.3) is 0 Å². The first-order valence-electron chi connectivity index (χ1n) is 6.47. The van der Waals surface area contributed by atoms with Crippen LogP contribution < -0.4 is 10.6 Å². The third-order valence-corrected chi connectivity index (χ3v) is 3.52. The third kappa shape index (κ3) is 3.56. The Labute approximate surface area is 104 Å². The van der Waals surface area contributed by atoms with Gasteiger partial charge in [0.25, 0.3) is 0 Å². The summed E-state index contributed by atoms with van der Waals surface area (Å²) in [6, 6.07) is 2.12. The standard InChI is InChI=1S/C13H24N4/c1-13(2,17-7-5-14-6-8-17)11-16-10-12-3-4-15-9-12/h3-4,9,14-16H,5-8,10-11H2,1-2H3. The molecule has 1 aromatic heterocycles. The molecule has 0 bridgehead atoms. The van der Waals surface area contributed by atoms with Crippen molar-refractivity contribution in [2.45, 2.75) is 25.9 Å². The quantitative estimate of drug-likeness (QED) is 0.708. The molecule has 0 amide bonds. The molecule has 0 saturated carbocycles. The lowest BCUT2D eigenvalue weighted by atomic mass is 10.0. The van der Waals surface area contributed by atoms with Crippen LogP contribution in [0.15, 0.2) is 18.5 Å². The van der Waals surface area contributed by atoms with Crippen LogP contribution in [0.2, 0.25) is 0 Å². The van der Waals surface area contributed by atoms with E-state index in [1.54, 1.807) is 0 Å². The van der Waals surface area contributed by atoms with Crippen molar-refractivity contribution in [3.05, 3.63) is 24.0 Å². The van der Waals surface area contributed by atoms with Crippen LogP contribution in [0.5, 0.6) is 0 Å². The second kappa shape index (κ2) is 5.67. The zero-order valence-corrected chi connectivity index (χ0v) is 10.9. The summed E-state index contributed by atoms with van der Waals surface area (Å²) in [6.07, 6.45) is 4.02. The lowest BCUT2D eigenvalue weighted by Gasteiger charge is -2.41. The van der Waals surface area contributed by atoms with Gasteiger partial charge in [-0.15, -0.1) is 0 Å². The highest BCUT2D eigenvalue weighted by Crippen LogP contribution is 2.14. The van der Waals surface area contributed by atoms with Crippen molar-refractivity contribution in [2.24, 2.45) is 0 Å². The molecule has 1 aromatic rings. The highest BCUT2D eigenvalue weighted by molar-refractivity contribution is 5.07. The predicted octanol–water partition coefficient (Wildman–Crippen LogP) is 0.788. The van der Waals surface area contributed by atoms with Gasteiger partial charge in [0.1, 0.15) is 0 Å². The van der Waals surface area contributed by atoms with Crippen LogP contribution in [0.1, 0.15) is 19.4 Å². The fourth-order valence-electron chi connectivity index (χ4n) is 2.36. The minimum absolute atomic E-state index is 0.235. The minimum Gasteiger partial charge on any atom is -0.367 e. The molecule has 2 rings (SSSR count). The topological polar surface area (TPSA) is 43.1 Å². The lowest BCUT2D eigenvalue weighted by molar-refractivity contribution is 0.102. The van der Waals surface area contributed by atoms with E-state index >= 15 is 0 Å². The van der Waals surface area contributed by atoms with Gasteiger partial charge < -0.3 is 15.6 Å². The van der Waals surface area contributed by atoms with E-state index in [1.165, 1.54) is 5.56 Å². The van der Waals surface area contributed by atoms with Gasteiger partial charge in [0.2, 0.25) is 0 Å². The molecule has 0 aromatic carbocycles. The normalized spacial score (nSPS) is 18.5. The summed E-state index contributed by atoms with van der Waals surface area (Å²) in [4.78, 5) is 5.65. The van der Waals surface area contributed by atoms with Gasteiger partial charge >= 0.3 is 0 Å². The molecule has 2 heterocycles. The molecule has 0 aliphatic carbocycles. The van der Waals surface area contributed by atoms with Crippen molar-refractivity contribution in [3.8, 4) is 0 Å². The molecule has 96 valence electrons. The minimum atomic E-state index is 0.235. The first-order valence-corrected chi connectivity index (χ1v) is 6.47. The summed E-state index contributed by atoms with van der Waals surface area (Å²) in [5.74, 6) is 0. The van der Waals surface area contributed by atoms with Crippen molar-refractivity contribution in [2.75, 3.05) is 32.7 Å². The number of nitrogens with one attached hydrogen (secondary N) is 3. The molecule has 1 aliphatic rings. The summed E-state index contributed by atoms with van der Waals surface area (Å²) >= 11 is 0. The summed E-state index contributed by atoms with van der Waals surface area (Å²) in [7, 11) is 0. The van der Waals surface area contributed by atoms with E-state index in [4.69, 9.17) is 0 Å². The van der Waals surface area contributed by atoms with Gasteiger partial charge in [-0.3, -0.25) is 4.90 Å². The Morgan fingerprint density at radius 3 is 2.76 bits per heavy atom. The fraction of sp³-hybridized carbons (Fsp3) is 0.692. The molecule has 1 fully saturated rings. The molecule has 17 heavy (non-hydrogen) atoms. The number of aromatic nitrogens is 1. The maximum absolute atomic E-state index is 3.54. The number of aromatic amines is 1. The van der Waals surface area contributed by atoms with E-state index in [2.05, 4.69) is 40.4 Å². The monoisotopic (exact) mass is 236 g/mol. The summed E-state index contributed by atoms with van der Waals surface area (Å²) in [6.45, 7) is 11.1. The van der Waals surface area contributed by atoms with Crippen molar-refractivity contribution in [3.63, 3.8) is 0 Å². The van der Waals surface area contributed by atoms with E-state index in [0.29, 0.717) is 0 Å². The highest BCUT2D eigenvalue weighted by atomic mass is 15.2. The van der Waals surface area contributed by atoms with E-state index in [1.807, 2.05) is 12.4 Å². The molecule has 0 spiro atoms. The van der Waals surface area contributed by atoms with E-state index in [9.17, 15) is 0 Å². The maximum Gasteiger partial charge on any atom is 0.0278 e. The van der Waals surface area contributed by atoms with Crippen LogP contribution in [-0.4, -0.2) is 48.1 Å². The van der Waals surface area contributed by atoms with Crippen LogP contribution in [-0.2, 0) is 6.54 Å². The number of piperazine rings is 1. The van der Waals surface area contributed by atoms with Crippen LogP contribution in [0.4, 0.5) is 0 Å². The van der Waals surface area contributed by atoms with Gasteiger partial charge in [0.05, 0.1) is 0 Å². The van der Waals surface area contributed by atoms with E-state index in [-0.39, 0.29) is 5.54 Å². The van der Waals surface area contributed by atoms with Gasteiger partial charge in [-0.2, -0.15) is 0 Å². The van der Waals surface area contributed by atoms with Crippen LogP contribution in [0.3, 0.4) is 0 Å². The molecule has 0 atom stereocenters. The van der Waals surface area contributed by atoms with Gasteiger partial charge in [-0.1, -0.05) is 0 Å². The average Bonchev–Trinajstić information content (AvgIpc) is 2.83. The highest BCUT2D eigenvalue weighted by Gasteiger charge is 2.27. The zero-order chi connectivity index (χ0) is 12.1. The second-order valence-electron chi connectivity index (χ2n) is 5.37. The van der Waals surface area contributed by atoms with Gasteiger partial charge in [-0.05, 0) is 25.5 Å². The zero-order valence-electron chi connectivity index (χ0n) is 10.9. The summed E-state index contributed by atoms with van der Waals surface area (Å²) < 4.78 is 0. The van der Waals surface area contributed by atoms with Gasteiger partial charge in [-0.25, -0.2) is 0 Å². The summed E-state index contributed by atoms with van der Waals surface area (Å²) in [5, 5.41) is 6.94. The summed E-state index contributed by atoms with van der Waals surface area (Å²) in [5.41, 5.74) is 1.56. The number of rotatable bonds is 5. The predicted molar refractivity (Wildman–Crippen MR) is 71.0 cm³/mol. The molecule has 0 unspecified atom stereocenters. The van der Waals surface area contributed by atoms with E-state index in [0.717, 1.165) is 39.3 Å². The van der Waals surface area contributed by atoms with Crippen LogP contribution in [0, 0.1) is 0 Å². The van der Waals surface area contributed by atoms with E-state index < -0.39 is 0 Å². The number of nitrogens with zero attached hydrogens (tertiary/aromatic N) is 1. The van der Waals surface area contributed by atoms with Crippen LogP contribution >= 0.6 is 0 Å². The Kier molecular flexibility index (Phi) is 4.20. The van der Waals surface area contributed by atoms with Crippen molar-refractivity contribution >= 4 is 0 Å². The lowest BCUT2D eigenvalue weighted by Crippen LogP contribution is -2.57. The fourth-order valence-corrected chi connectivity index (χ4v) is 2.36. The number of hydrogen-bond acceptors (Lipinski definition) is 3. The SMILES string of the molecule is CC(C)(CNCc1cc[nH]c1)N1CCNCC1. The molecular formula is C13H24N4. The average molecular weight is 236 g/mol. The van der Waals surface area contributed by atoms with Crippen molar-refractivity contribution < 1.29 is 0 Å². The molecule has 0 radical (unpaired) electrons. The Hall–Kier alpha value is -0.840. The molecule has 1 aliphatic heterocycles. The molecule has 4 nitrogen and oxygen atoms in total. The Morgan fingerprint density at radius 2 is 2.12 bits per heavy atom. The number of hydrogen-bond donors (Lipinski definition) is 3. The Bertz CT molecular complexity index is 312. The third-order valence-electron chi connectivity index (χ3n) is 3.52. The Morgan fingerprint density at radius 1 is 1.35 bits per heavy atom. The Balaban J connectivity index is 1.76. The molecule has 1 saturated heterocycles.